The van der Waals surface area contributed by atoms with Crippen molar-refractivity contribution in [1.29, 1.82) is 0 Å². The van der Waals surface area contributed by atoms with Crippen molar-refractivity contribution in [3.05, 3.63) is 29.8 Å². The smallest absolute Gasteiger partial charge is 0.193 e. The van der Waals surface area contributed by atoms with Crippen LogP contribution in [-0.2, 0) is 11.3 Å². The van der Waals surface area contributed by atoms with Gasteiger partial charge in [0.15, 0.2) is 5.96 Å². The second-order valence-electron chi connectivity index (χ2n) is 8.40. The van der Waals surface area contributed by atoms with Crippen LogP contribution in [0.5, 0.6) is 5.75 Å². The summed E-state index contributed by atoms with van der Waals surface area (Å²) < 4.78 is 11.9. The Morgan fingerprint density at radius 2 is 2.14 bits per heavy atom. The fraction of sp³-hybridized carbons (Fsp3) is 0.682. The summed E-state index contributed by atoms with van der Waals surface area (Å²) in [5, 5.41) is 3.54. The average Bonchev–Trinajstić information content (AvgIpc) is 3.34. The average molecular weight is 499 g/mol. The van der Waals surface area contributed by atoms with Crippen molar-refractivity contribution < 1.29 is 9.47 Å². The van der Waals surface area contributed by atoms with Crippen LogP contribution < -0.4 is 10.1 Å². The molecule has 0 amide bonds. The summed E-state index contributed by atoms with van der Waals surface area (Å²) in [5.74, 6) is 2.00. The van der Waals surface area contributed by atoms with Crippen molar-refractivity contribution in [1.82, 2.24) is 10.2 Å². The lowest BCUT2D eigenvalue weighted by Gasteiger charge is -2.25. The number of rotatable bonds is 4. The Hall–Kier alpha value is -1.02. The van der Waals surface area contributed by atoms with E-state index in [1.165, 1.54) is 50.5 Å². The number of nitrogens with one attached hydrogen (secondary N) is 1. The number of benzene rings is 1. The van der Waals surface area contributed by atoms with Crippen molar-refractivity contribution in [3.63, 3.8) is 0 Å². The number of ether oxygens (including phenoxy) is 2. The molecule has 156 valence electrons. The first-order chi connectivity index (χ1) is 13.3. The van der Waals surface area contributed by atoms with Gasteiger partial charge in [0.25, 0.3) is 0 Å². The fourth-order valence-electron chi connectivity index (χ4n) is 4.70. The molecule has 1 aliphatic carbocycles. The lowest BCUT2D eigenvalue weighted by Crippen LogP contribution is -2.41. The minimum Gasteiger partial charge on any atom is -0.490 e. The van der Waals surface area contributed by atoms with Crippen molar-refractivity contribution in [2.45, 2.75) is 57.6 Å². The van der Waals surface area contributed by atoms with Gasteiger partial charge in [0.05, 0.1) is 12.7 Å². The van der Waals surface area contributed by atoms with E-state index in [4.69, 9.17) is 9.47 Å². The molecule has 0 aromatic heterocycles. The van der Waals surface area contributed by atoms with Gasteiger partial charge in [0, 0.05) is 38.7 Å². The molecule has 1 saturated carbocycles. The molecule has 1 aromatic rings. The van der Waals surface area contributed by atoms with Crippen molar-refractivity contribution in [2.75, 3.05) is 33.4 Å². The van der Waals surface area contributed by atoms with Crippen LogP contribution in [0.2, 0.25) is 0 Å². The zero-order chi connectivity index (χ0) is 18.5. The summed E-state index contributed by atoms with van der Waals surface area (Å²) >= 11 is 0. The standard InChI is InChI=1S/C22H33N3O2.HI/c1-23-21(25-12-10-22(16-25)11-13-26-17-22)24-15-18-6-5-9-20(14-18)27-19-7-3-2-4-8-19;/h5-6,9,14,19H,2-4,7-8,10-13,15-17H2,1H3,(H,23,24);1H. The van der Waals surface area contributed by atoms with Crippen molar-refractivity contribution in [3.8, 4) is 5.75 Å². The molecule has 5 nitrogen and oxygen atoms in total. The number of hydrogen-bond donors (Lipinski definition) is 1. The molecule has 1 N–H and O–H groups in total. The number of guanidine groups is 1. The lowest BCUT2D eigenvalue weighted by molar-refractivity contribution is 0.155. The highest BCUT2D eigenvalue weighted by molar-refractivity contribution is 14.0. The van der Waals surface area contributed by atoms with Crippen molar-refractivity contribution in [2.24, 2.45) is 10.4 Å². The summed E-state index contributed by atoms with van der Waals surface area (Å²) in [6.07, 6.45) is 9.11. The summed E-state index contributed by atoms with van der Waals surface area (Å²) in [4.78, 5) is 6.90. The van der Waals surface area contributed by atoms with Gasteiger partial charge in [0.1, 0.15) is 5.75 Å². The van der Waals surface area contributed by atoms with Gasteiger partial charge in [-0.2, -0.15) is 0 Å². The molecule has 3 fully saturated rings. The SMILES string of the molecule is CN=C(NCc1cccc(OC2CCCCC2)c1)N1CCC2(CCOC2)C1.I. The van der Waals surface area contributed by atoms with Gasteiger partial charge in [-0.25, -0.2) is 0 Å². The number of halogens is 1. The van der Waals surface area contributed by atoms with Crippen LogP contribution in [0.1, 0.15) is 50.5 Å². The highest BCUT2D eigenvalue weighted by Gasteiger charge is 2.42. The molecule has 0 radical (unpaired) electrons. The second kappa shape index (κ2) is 10.1. The third-order valence-corrected chi connectivity index (χ3v) is 6.34. The number of nitrogens with zero attached hydrogens (tertiary/aromatic N) is 2. The van der Waals surface area contributed by atoms with Gasteiger partial charge in [-0.15, -0.1) is 24.0 Å². The topological polar surface area (TPSA) is 46.1 Å². The Kier molecular flexibility index (Phi) is 7.85. The van der Waals surface area contributed by atoms with Crippen LogP contribution in [0.15, 0.2) is 29.3 Å². The first kappa shape index (κ1) is 21.7. The summed E-state index contributed by atoms with van der Waals surface area (Å²) in [7, 11) is 1.88. The van der Waals surface area contributed by atoms with Gasteiger partial charge in [-0.3, -0.25) is 4.99 Å². The molecule has 0 bridgehead atoms. The van der Waals surface area contributed by atoms with Gasteiger partial charge in [-0.1, -0.05) is 18.6 Å². The first-order valence-electron chi connectivity index (χ1n) is 10.6. The highest BCUT2D eigenvalue weighted by Crippen LogP contribution is 2.38. The quantitative estimate of drug-likeness (QED) is 0.383. The molecule has 1 spiro atoms. The van der Waals surface area contributed by atoms with Gasteiger partial charge in [-0.05, 0) is 56.2 Å². The predicted octanol–water partition coefficient (Wildman–Crippen LogP) is 4.20. The molecule has 1 aromatic carbocycles. The summed E-state index contributed by atoms with van der Waals surface area (Å²) in [6.45, 7) is 4.70. The maximum Gasteiger partial charge on any atom is 0.193 e. The molecular weight excluding hydrogens is 465 g/mol. The van der Waals surface area contributed by atoms with E-state index in [9.17, 15) is 0 Å². The van der Waals surface area contributed by atoms with E-state index in [-0.39, 0.29) is 24.0 Å². The van der Waals surface area contributed by atoms with Crippen LogP contribution in [0.3, 0.4) is 0 Å². The Bertz CT molecular complexity index is 655. The van der Waals surface area contributed by atoms with E-state index in [2.05, 4.69) is 39.5 Å². The fourth-order valence-corrected chi connectivity index (χ4v) is 4.70. The predicted molar refractivity (Wildman–Crippen MR) is 124 cm³/mol. The van der Waals surface area contributed by atoms with Gasteiger partial charge >= 0.3 is 0 Å². The molecule has 1 unspecified atom stereocenters. The van der Waals surface area contributed by atoms with Crippen molar-refractivity contribution >= 4 is 29.9 Å². The van der Waals surface area contributed by atoms with Crippen LogP contribution in [0.4, 0.5) is 0 Å². The zero-order valence-electron chi connectivity index (χ0n) is 17.0. The van der Waals surface area contributed by atoms with E-state index >= 15 is 0 Å². The van der Waals surface area contributed by atoms with E-state index in [0.717, 1.165) is 44.6 Å². The summed E-state index contributed by atoms with van der Waals surface area (Å²) in [5.41, 5.74) is 1.59. The molecule has 2 aliphatic heterocycles. The van der Waals surface area contributed by atoms with Gasteiger partial charge < -0.3 is 19.7 Å². The van der Waals surface area contributed by atoms with Crippen LogP contribution in [0, 0.1) is 5.41 Å². The molecule has 2 heterocycles. The van der Waals surface area contributed by atoms with E-state index in [1.54, 1.807) is 0 Å². The molecule has 6 heteroatoms. The molecule has 2 saturated heterocycles. The maximum absolute atomic E-state index is 6.21. The monoisotopic (exact) mass is 499 g/mol. The van der Waals surface area contributed by atoms with E-state index < -0.39 is 0 Å². The molecule has 28 heavy (non-hydrogen) atoms. The highest BCUT2D eigenvalue weighted by atomic mass is 127. The molecule has 3 aliphatic rings. The number of aliphatic imine (C=N–C) groups is 1. The van der Waals surface area contributed by atoms with E-state index in [1.807, 2.05) is 7.05 Å². The Labute approximate surface area is 186 Å². The van der Waals surface area contributed by atoms with E-state index in [0.29, 0.717) is 11.5 Å². The third-order valence-electron chi connectivity index (χ3n) is 6.34. The lowest BCUT2D eigenvalue weighted by atomic mass is 9.87. The first-order valence-corrected chi connectivity index (χ1v) is 10.6. The Morgan fingerprint density at radius 3 is 2.89 bits per heavy atom. The largest absolute Gasteiger partial charge is 0.490 e. The second-order valence-corrected chi connectivity index (χ2v) is 8.40. The molecule has 1 atom stereocenters. The Balaban J connectivity index is 0.00000225. The normalized spacial score (nSPS) is 25.8. The molecular formula is C22H34IN3O2. The summed E-state index contributed by atoms with van der Waals surface area (Å²) in [6, 6.07) is 8.51. The van der Waals surface area contributed by atoms with Crippen LogP contribution in [0.25, 0.3) is 0 Å². The third kappa shape index (κ3) is 5.32. The van der Waals surface area contributed by atoms with Gasteiger partial charge in [0.2, 0.25) is 0 Å². The zero-order valence-corrected chi connectivity index (χ0v) is 19.3. The van der Waals surface area contributed by atoms with Crippen LogP contribution in [-0.4, -0.2) is 50.3 Å². The molecule has 4 rings (SSSR count). The minimum absolute atomic E-state index is 0. The minimum atomic E-state index is 0. The number of likely N-dealkylation sites (tertiary alicyclic amines) is 1. The Morgan fingerprint density at radius 1 is 1.29 bits per heavy atom. The van der Waals surface area contributed by atoms with Crippen LogP contribution >= 0.6 is 24.0 Å². The number of hydrogen-bond acceptors (Lipinski definition) is 3. The maximum atomic E-state index is 6.21.